The van der Waals surface area contributed by atoms with Crippen molar-refractivity contribution in [2.75, 3.05) is 39.4 Å². The summed E-state index contributed by atoms with van der Waals surface area (Å²) in [5, 5.41) is 17.6. The van der Waals surface area contributed by atoms with E-state index in [2.05, 4.69) is 27.4 Å². The van der Waals surface area contributed by atoms with E-state index in [9.17, 15) is 10.1 Å². The number of nitrogens with zero attached hydrogens (tertiary/aromatic N) is 3. The number of rotatable bonds is 7. The average Bonchev–Trinajstić information content (AvgIpc) is 2.64. The zero-order valence-electron chi connectivity index (χ0n) is 15.3. The number of halogens is 1. The Labute approximate surface area is 171 Å². The maximum Gasteiger partial charge on any atom is 0.274 e. The van der Waals surface area contributed by atoms with E-state index in [1.807, 2.05) is 6.92 Å². The Kier molecular flexibility index (Phi) is 10.4. The lowest BCUT2D eigenvalue weighted by Gasteiger charge is -2.32. The minimum absolute atomic E-state index is 0. The normalized spacial score (nSPS) is 16.5. The first-order valence-corrected chi connectivity index (χ1v) is 8.68. The number of benzene rings is 1. The van der Waals surface area contributed by atoms with Gasteiger partial charge >= 0.3 is 0 Å². The first kappa shape index (κ1) is 22.6. The number of guanidine groups is 1. The molecule has 0 aromatic heterocycles. The van der Waals surface area contributed by atoms with E-state index in [1.165, 1.54) is 6.07 Å². The van der Waals surface area contributed by atoms with Crippen LogP contribution in [0.5, 0.6) is 0 Å². The van der Waals surface area contributed by atoms with E-state index in [4.69, 9.17) is 4.74 Å². The van der Waals surface area contributed by atoms with Crippen molar-refractivity contribution in [1.82, 2.24) is 15.5 Å². The highest BCUT2D eigenvalue weighted by molar-refractivity contribution is 14.0. The van der Waals surface area contributed by atoms with Gasteiger partial charge in [0, 0.05) is 38.3 Å². The Morgan fingerprint density at radius 1 is 1.35 bits per heavy atom. The zero-order valence-corrected chi connectivity index (χ0v) is 17.6. The van der Waals surface area contributed by atoms with Gasteiger partial charge < -0.3 is 15.4 Å². The molecule has 1 heterocycles. The summed E-state index contributed by atoms with van der Waals surface area (Å²) in [7, 11) is 0. The summed E-state index contributed by atoms with van der Waals surface area (Å²) in [5.74, 6) is 0.667. The lowest BCUT2D eigenvalue weighted by atomic mass is 10.2. The highest BCUT2D eigenvalue weighted by atomic mass is 127. The number of para-hydroxylation sites is 1. The highest BCUT2D eigenvalue weighted by Gasteiger charge is 2.17. The van der Waals surface area contributed by atoms with Gasteiger partial charge in [0.15, 0.2) is 5.96 Å². The number of morpholine rings is 1. The van der Waals surface area contributed by atoms with Crippen LogP contribution in [0, 0.1) is 10.1 Å². The third-order valence-electron chi connectivity index (χ3n) is 4.17. The fourth-order valence-corrected chi connectivity index (χ4v) is 2.72. The van der Waals surface area contributed by atoms with Crippen LogP contribution in [0.4, 0.5) is 5.69 Å². The third kappa shape index (κ3) is 7.04. The molecule has 1 unspecified atom stereocenters. The van der Waals surface area contributed by atoms with Gasteiger partial charge in [0.2, 0.25) is 0 Å². The van der Waals surface area contributed by atoms with E-state index in [-0.39, 0.29) is 41.1 Å². The van der Waals surface area contributed by atoms with Crippen molar-refractivity contribution in [2.45, 2.75) is 26.4 Å². The smallest absolute Gasteiger partial charge is 0.274 e. The summed E-state index contributed by atoms with van der Waals surface area (Å²) in [6.07, 6.45) is 0. The quantitative estimate of drug-likeness (QED) is 0.205. The first-order valence-electron chi connectivity index (χ1n) is 8.68. The molecule has 1 fully saturated rings. The summed E-state index contributed by atoms with van der Waals surface area (Å²) >= 11 is 0. The van der Waals surface area contributed by atoms with Crippen LogP contribution in [0.1, 0.15) is 19.4 Å². The third-order valence-corrected chi connectivity index (χ3v) is 4.17. The van der Waals surface area contributed by atoms with Crippen molar-refractivity contribution in [3.63, 3.8) is 0 Å². The number of nitro benzene ring substituents is 1. The van der Waals surface area contributed by atoms with E-state index in [1.54, 1.807) is 18.2 Å². The Morgan fingerprint density at radius 3 is 2.69 bits per heavy atom. The number of nitro groups is 1. The standard InChI is InChI=1S/C17H27N5O3.HI/c1-3-18-17(19-12-14(2)21-8-10-25-11-9-21)20-13-15-6-4-5-7-16(15)22(23)24;/h4-7,14H,3,8-13H2,1-2H3,(H2,18,19,20);1H. The van der Waals surface area contributed by atoms with Gasteiger partial charge in [-0.1, -0.05) is 18.2 Å². The Balaban J connectivity index is 0.00000338. The van der Waals surface area contributed by atoms with E-state index >= 15 is 0 Å². The van der Waals surface area contributed by atoms with Crippen molar-refractivity contribution >= 4 is 35.6 Å². The summed E-state index contributed by atoms with van der Waals surface area (Å²) in [6, 6.07) is 7.06. The lowest BCUT2D eigenvalue weighted by Crippen LogP contribution is -2.49. The lowest BCUT2D eigenvalue weighted by molar-refractivity contribution is -0.385. The molecule has 0 amide bonds. The van der Waals surface area contributed by atoms with Crippen LogP contribution in [-0.4, -0.2) is 61.2 Å². The SMILES string of the molecule is CCNC(=NCc1ccccc1[N+](=O)[O-])NCC(C)N1CCOCC1.I. The number of nitrogens with one attached hydrogen (secondary N) is 2. The van der Waals surface area contributed by atoms with Crippen LogP contribution < -0.4 is 10.6 Å². The van der Waals surface area contributed by atoms with E-state index in [0.717, 1.165) is 39.4 Å². The van der Waals surface area contributed by atoms with Gasteiger partial charge in [-0.3, -0.25) is 15.0 Å². The monoisotopic (exact) mass is 477 g/mol. The molecule has 9 heteroatoms. The Morgan fingerprint density at radius 2 is 2.04 bits per heavy atom. The second-order valence-corrected chi connectivity index (χ2v) is 5.96. The molecule has 0 saturated carbocycles. The van der Waals surface area contributed by atoms with Crippen LogP contribution in [0.15, 0.2) is 29.3 Å². The van der Waals surface area contributed by atoms with Crippen LogP contribution in [-0.2, 0) is 11.3 Å². The number of hydrogen-bond acceptors (Lipinski definition) is 5. The molecule has 26 heavy (non-hydrogen) atoms. The molecule has 2 N–H and O–H groups in total. The molecule has 0 radical (unpaired) electrons. The van der Waals surface area contributed by atoms with Crippen LogP contribution >= 0.6 is 24.0 Å². The van der Waals surface area contributed by atoms with Crippen LogP contribution in [0.2, 0.25) is 0 Å². The molecule has 0 spiro atoms. The second-order valence-electron chi connectivity index (χ2n) is 5.96. The van der Waals surface area contributed by atoms with Gasteiger partial charge in [0.05, 0.1) is 30.2 Å². The molecule has 1 atom stereocenters. The zero-order chi connectivity index (χ0) is 18.1. The largest absolute Gasteiger partial charge is 0.379 e. The molecular weight excluding hydrogens is 449 g/mol. The Bertz CT molecular complexity index is 594. The summed E-state index contributed by atoms with van der Waals surface area (Å²) < 4.78 is 5.38. The van der Waals surface area contributed by atoms with Gasteiger partial charge in [-0.2, -0.15) is 0 Å². The fraction of sp³-hybridized carbons (Fsp3) is 0.588. The predicted octanol–water partition coefficient (Wildman–Crippen LogP) is 1.99. The molecule has 146 valence electrons. The van der Waals surface area contributed by atoms with Crippen molar-refractivity contribution in [1.29, 1.82) is 0 Å². The topological polar surface area (TPSA) is 92.0 Å². The fourth-order valence-electron chi connectivity index (χ4n) is 2.72. The molecule has 1 aliphatic heterocycles. The van der Waals surface area contributed by atoms with Crippen LogP contribution in [0.25, 0.3) is 0 Å². The van der Waals surface area contributed by atoms with Gasteiger partial charge in [-0.25, -0.2) is 4.99 Å². The molecule has 1 aliphatic rings. The summed E-state index contributed by atoms with van der Waals surface area (Å²) in [5.41, 5.74) is 0.703. The molecule has 1 aromatic carbocycles. The van der Waals surface area contributed by atoms with Gasteiger partial charge in [0.1, 0.15) is 0 Å². The Hall–Kier alpha value is -1.46. The molecule has 0 aliphatic carbocycles. The maximum atomic E-state index is 11.1. The molecular formula is C17H28IN5O3. The first-order chi connectivity index (χ1) is 12.1. The van der Waals surface area contributed by atoms with Crippen LogP contribution in [0.3, 0.4) is 0 Å². The number of ether oxygens (including phenoxy) is 1. The molecule has 1 saturated heterocycles. The van der Waals surface area contributed by atoms with Gasteiger partial charge in [-0.05, 0) is 13.8 Å². The minimum Gasteiger partial charge on any atom is -0.379 e. The minimum atomic E-state index is -0.369. The summed E-state index contributed by atoms with van der Waals surface area (Å²) in [4.78, 5) is 17.6. The van der Waals surface area contributed by atoms with Crippen molar-refractivity contribution in [2.24, 2.45) is 4.99 Å². The molecule has 0 bridgehead atoms. The molecule has 8 nitrogen and oxygen atoms in total. The maximum absolute atomic E-state index is 11.1. The van der Waals surface area contributed by atoms with E-state index < -0.39 is 0 Å². The van der Waals surface area contributed by atoms with Crippen molar-refractivity contribution in [3.05, 3.63) is 39.9 Å². The van der Waals surface area contributed by atoms with Crippen molar-refractivity contribution in [3.8, 4) is 0 Å². The highest BCUT2D eigenvalue weighted by Crippen LogP contribution is 2.18. The van der Waals surface area contributed by atoms with E-state index in [0.29, 0.717) is 17.6 Å². The van der Waals surface area contributed by atoms with Crippen molar-refractivity contribution < 1.29 is 9.66 Å². The number of hydrogen-bond donors (Lipinski definition) is 2. The predicted molar refractivity (Wildman–Crippen MR) is 113 cm³/mol. The number of aliphatic imine (C=N–C) groups is 1. The molecule has 1 aromatic rings. The molecule has 2 rings (SSSR count). The second kappa shape index (κ2) is 12.0. The van der Waals surface area contributed by atoms with Gasteiger partial charge in [-0.15, -0.1) is 24.0 Å². The summed E-state index contributed by atoms with van der Waals surface area (Å²) in [6.45, 7) is 9.33. The van der Waals surface area contributed by atoms with Gasteiger partial charge in [0.25, 0.3) is 5.69 Å². The average molecular weight is 477 g/mol.